The highest BCUT2D eigenvalue weighted by atomic mass is 16.2. The first kappa shape index (κ1) is 18.9. The number of carbonyl (C=O) groups is 1. The molecule has 1 aliphatic heterocycles. The Morgan fingerprint density at radius 1 is 1.03 bits per heavy atom. The lowest BCUT2D eigenvalue weighted by molar-refractivity contribution is 0.0661. The molecule has 0 spiro atoms. The molecule has 1 saturated heterocycles. The van der Waals surface area contributed by atoms with E-state index in [1.54, 1.807) is 0 Å². The van der Waals surface area contributed by atoms with E-state index in [2.05, 4.69) is 41.3 Å². The maximum atomic E-state index is 13.1. The monoisotopic (exact) mass is 401 g/mol. The van der Waals surface area contributed by atoms with Crippen LogP contribution in [0, 0.1) is 5.92 Å². The van der Waals surface area contributed by atoms with Crippen molar-refractivity contribution in [3.05, 3.63) is 54.1 Å². The third-order valence-electron chi connectivity index (χ3n) is 6.29. The second-order valence-electron chi connectivity index (χ2n) is 8.66. The number of hydrogen-bond donors (Lipinski definition) is 1. The van der Waals surface area contributed by atoms with Crippen LogP contribution in [0.5, 0.6) is 0 Å². The standard InChI is InChI=1S/C24H27N5O/c1-15-10-18(25)14-29(13-15)24(30)17-8-9-21-19(11-17)26-23(28(21)3)22-12-16-6-4-5-7-20(16)27(22)2/h4-9,11-12,15,18H,10,13-14,25H2,1-3H3/t15-,18-/m1/s1. The summed E-state index contributed by atoms with van der Waals surface area (Å²) in [6, 6.07) is 16.4. The summed E-state index contributed by atoms with van der Waals surface area (Å²) in [4.78, 5) is 19.9. The van der Waals surface area contributed by atoms with Crippen LogP contribution in [0.3, 0.4) is 0 Å². The zero-order valence-electron chi connectivity index (χ0n) is 17.7. The summed E-state index contributed by atoms with van der Waals surface area (Å²) in [6.45, 7) is 3.52. The third-order valence-corrected chi connectivity index (χ3v) is 6.29. The molecule has 3 heterocycles. The number of piperidine rings is 1. The largest absolute Gasteiger partial charge is 0.341 e. The van der Waals surface area contributed by atoms with Gasteiger partial charge in [0.05, 0.1) is 16.7 Å². The highest BCUT2D eigenvalue weighted by Gasteiger charge is 2.27. The first-order valence-corrected chi connectivity index (χ1v) is 10.5. The van der Waals surface area contributed by atoms with E-state index in [1.165, 1.54) is 10.9 Å². The number of hydrogen-bond acceptors (Lipinski definition) is 3. The normalized spacial score (nSPS) is 19.7. The van der Waals surface area contributed by atoms with Crippen LogP contribution in [0.4, 0.5) is 0 Å². The number of aryl methyl sites for hydroxylation is 2. The van der Waals surface area contributed by atoms with Crippen molar-refractivity contribution in [1.82, 2.24) is 19.0 Å². The van der Waals surface area contributed by atoms with Gasteiger partial charge in [0.25, 0.3) is 5.91 Å². The number of likely N-dealkylation sites (tertiary alicyclic amines) is 1. The van der Waals surface area contributed by atoms with Crippen molar-refractivity contribution in [2.24, 2.45) is 25.7 Å². The molecule has 5 rings (SSSR count). The molecule has 1 amide bonds. The van der Waals surface area contributed by atoms with Crippen LogP contribution in [0.15, 0.2) is 48.5 Å². The van der Waals surface area contributed by atoms with Crippen molar-refractivity contribution in [1.29, 1.82) is 0 Å². The Morgan fingerprint density at radius 3 is 2.60 bits per heavy atom. The SMILES string of the molecule is C[C@@H]1C[C@@H](N)CN(C(=O)c2ccc3c(c2)nc(-c2cc4ccccc4n2C)n3C)C1. The summed E-state index contributed by atoms with van der Waals surface area (Å²) in [5, 5.41) is 1.19. The number of nitrogens with two attached hydrogens (primary N) is 1. The maximum absolute atomic E-state index is 13.1. The average molecular weight is 402 g/mol. The second-order valence-corrected chi connectivity index (χ2v) is 8.66. The molecule has 6 nitrogen and oxygen atoms in total. The van der Waals surface area contributed by atoms with Crippen LogP contribution in [-0.2, 0) is 14.1 Å². The van der Waals surface area contributed by atoms with E-state index in [0.29, 0.717) is 18.0 Å². The highest BCUT2D eigenvalue weighted by molar-refractivity contribution is 5.98. The summed E-state index contributed by atoms with van der Waals surface area (Å²) in [6.07, 6.45) is 0.970. The van der Waals surface area contributed by atoms with Gasteiger partial charge in [0.1, 0.15) is 0 Å². The molecular weight excluding hydrogens is 374 g/mol. The van der Waals surface area contributed by atoms with E-state index in [4.69, 9.17) is 10.7 Å². The fourth-order valence-corrected chi connectivity index (χ4v) is 4.81. The van der Waals surface area contributed by atoms with Crippen molar-refractivity contribution < 1.29 is 4.79 Å². The molecule has 0 saturated carbocycles. The predicted octanol–water partition coefficient (Wildman–Crippen LogP) is 3.54. The van der Waals surface area contributed by atoms with E-state index in [1.807, 2.05) is 42.3 Å². The fourth-order valence-electron chi connectivity index (χ4n) is 4.81. The predicted molar refractivity (Wildman–Crippen MR) is 120 cm³/mol. The number of para-hydroxylation sites is 1. The molecule has 0 bridgehead atoms. The van der Waals surface area contributed by atoms with E-state index in [0.717, 1.165) is 35.5 Å². The minimum Gasteiger partial charge on any atom is -0.341 e. The third kappa shape index (κ3) is 2.99. The van der Waals surface area contributed by atoms with Gasteiger partial charge in [-0.2, -0.15) is 0 Å². The quantitative estimate of drug-likeness (QED) is 0.559. The summed E-state index contributed by atoms with van der Waals surface area (Å²) in [5.74, 6) is 1.35. The van der Waals surface area contributed by atoms with E-state index in [9.17, 15) is 4.79 Å². The number of benzene rings is 2. The Morgan fingerprint density at radius 2 is 1.83 bits per heavy atom. The lowest BCUT2D eigenvalue weighted by Crippen LogP contribution is -2.48. The van der Waals surface area contributed by atoms with Gasteiger partial charge in [-0.15, -0.1) is 0 Å². The molecule has 30 heavy (non-hydrogen) atoms. The van der Waals surface area contributed by atoms with Crippen LogP contribution < -0.4 is 5.73 Å². The maximum Gasteiger partial charge on any atom is 0.253 e. The molecule has 1 aliphatic rings. The molecular formula is C24H27N5O. The molecule has 0 unspecified atom stereocenters. The van der Waals surface area contributed by atoms with Crippen LogP contribution in [0.2, 0.25) is 0 Å². The fraction of sp³-hybridized carbons (Fsp3) is 0.333. The zero-order chi connectivity index (χ0) is 21.0. The van der Waals surface area contributed by atoms with Gasteiger partial charge in [0.15, 0.2) is 5.82 Å². The summed E-state index contributed by atoms with van der Waals surface area (Å²) < 4.78 is 4.26. The first-order valence-electron chi connectivity index (χ1n) is 10.5. The number of carbonyl (C=O) groups excluding carboxylic acids is 1. The molecule has 4 aromatic rings. The van der Waals surface area contributed by atoms with Gasteiger partial charge in [-0.25, -0.2) is 4.98 Å². The summed E-state index contributed by atoms with van der Waals surface area (Å²) in [7, 11) is 4.09. The molecule has 2 aromatic carbocycles. The van der Waals surface area contributed by atoms with Gasteiger partial charge in [-0.1, -0.05) is 25.1 Å². The van der Waals surface area contributed by atoms with Crippen LogP contribution in [0.25, 0.3) is 33.5 Å². The minimum absolute atomic E-state index is 0.0377. The van der Waals surface area contributed by atoms with Gasteiger partial charge in [-0.05, 0) is 42.7 Å². The van der Waals surface area contributed by atoms with Gasteiger partial charge < -0.3 is 19.8 Å². The Hall–Kier alpha value is -3.12. The van der Waals surface area contributed by atoms with Gasteiger partial charge in [0, 0.05) is 49.7 Å². The number of amides is 1. The summed E-state index contributed by atoms with van der Waals surface area (Å²) in [5.41, 5.74) is 10.9. The Labute approximate surface area is 175 Å². The van der Waals surface area contributed by atoms with Crippen molar-refractivity contribution in [2.75, 3.05) is 13.1 Å². The smallest absolute Gasteiger partial charge is 0.253 e. The Bertz CT molecular complexity index is 1260. The lowest BCUT2D eigenvalue weighted by Gasteiger charge is -2.34. The van der Waals surface area contributed by atoms with Gasteiger partial charge in [0.2, 0.25) is 0 Å². The van der Waals surface area contributed by atoms with E-state index in [-0.39, 0.29) is 11.9 Å². The van der Waals surface area contributed by atoms with Gasteiger partial charge in [-0.3, -0.25) is 4.79 Å². The number of aromatic nitrogens is 3. The molecule has 1 fully saturated rings. The first-order chi connectivity index (χ1) is 14.4. The van der Waals surface area contributed by atoms with E-state index >= 15 is 0 Å². The number of nitrogens with zero attached hydrogens (tertiary/aromatic N) is 4. The summed E-state index contributed by atoms with van der Waals surface area (Å²) >= 11 is 0. The van der Waals surface area contributed by atoms with Crippen LogP contribution in [-0.4, -0.2) is 44.1 Å². The lowest BCUT2D eigenvalue weighted by atomic mass is 9.96. The Balaban J connectivity index is 1.55. The van der Waals surface area contributed by atoms with Crippen LogP contribution >= 0.6 is 0 Å². The van der Waals surface area contributed by atoms with Gasteiger partial charge >= 0.3 is 0 Å². The molecule has 2 atom stereocenters. The number of rotatable bonds is 2. The highest BCUT2D eigenvalue weighted by Crippen LogP contribution is 2.29. The molecule has 6 heteroatoms. The molecule has 154 valence electrons. The topological polar surface area (TPSA) is 69.1 Å². The number of fused-ring (bicyclic) bond motifs is 2. The number of imidazole rings is 1. The average Bonchev–Trinajstić information content (AvgIpc) is 3.23. The second kappa shape index (κ2) is 6.99. The van der Waals surface area contributed by atoms with Crippen molar-refractivity contribution in [3.8, 4) is 11.5 Å². The molecule has 2 N–H and O–H groups in total. The van der Waals surface area contributed by atoms with Crippen molar-refractivity contribution in [3.63, 3.8) is 0 Å². The minimum atomic E-state index is 0.0377. The van der Waals surface area contributed by atoms with Crippen LogP contribution in [0.1, 0.15) is 23.7 Å². The van der Waals surface area contributed by atoms with Crippen molar-refractivity contribution in [2.45, 2.75) is 19.4 Å². The van der Waals surface area contributed by atoms with Crippen molar-refractivity contribution >= 4 is 27.8 Å². The molecule has 2 aromatic heterocycles. The van der Waals surface area contributed by atoms with E-state index < -0.39 is 0 Å². The molecule has 0 aliphatic carbocycles. The zero-order valence-corrected chi connectivity index (χ0v) is 17.7. The Kier molecular flexibility index (Phi) is 4.40. The molecule has 0 radical (unpaired) electrons.